The number of nitrogens with one attached hydrogen (secondary N) is 1. The predicted octanol–water partition coefficient (Wildman–Crippen LogP) is 5.16. The van der Waals surface area contributed by atoms with Gasteiger partial charge in [-0.15, -0.1) is 0 Å². The highest BCUT2D eigenvalue weighted by atomic mass is 32.2. The average Bonchev–Trinajstić information content (AvgIpc) is 3.22. The Balaban J connectivity index is 1.36. The molecule has 36 heavy (non-hydrogen) atoms. The largest absolute Gasteiger partial charge is 0.493 e. The number of hydrogen-bond acceptors (Lipinski definition) is 8. The molecule has 1 fully saturated rings. The Bertz CT molecular complexity index is 1320. The van der Waals surface area contributed by atoms with Crippen LogP contribution in [0.5, 0.6) is 23.0 Å². The van der Waals surface area contributed by atoms with E-state index in [-0.39, 0.29) is 5.91 Å². The summed E-state index contributed by atoms with van der Waals surface area (Å²) >= 11 is 6.26. The third kappa shape index (κ3) is 6.24. The van der Waals surface area contributed by atoms with Crippen LogP contribution >= 0.6 is 24.0 Å². The van der Waals surface area contributed by atoms with Crippen molar-refractivity contribution in [2.45, 2.75) is 13.2 Å². The maximum atomic E-state index is 11.9. The topological polar surface area (TPSA) is 83.1 Å². The molecular formula is C27H23NO6S2. The zero-order chi connectivity index (χ0) is 25.5. The van der Waals surface area contributed by atoms with Gasteiger partial charge in [0.05, 0.1) is 19.1 Å². The van der Waals surface area contributed by atoms with E-state index in [1.54, 1.807) is 31.4 Å². The molecule has 0 unspecified atom stereocenters. The number of thiocarbonyl (C=S) groups is 1. The fraction of sp³-hybridized carbons (Fsp3) is 0.148. The van der Waals surface area contributed by atoms with Crippen LogP contribution in [0.3, 0.4) is 0 Å². The Morgan fingerprint density at radius 2 is 1.33 bits per heavy atom. The molecule has 4 rings (SSSR count). The highest BCUT2D eigenvalue weighted by Gasteiger charge is 2.22. The molecule has 3 aromatic rings. The van der Waals surface area contributed by atoms with Crippen LogP contribution in [-0.4, -0.2) is 30.7 Å². The van der Waals surface area contributed by atoms with E-state index in [1.165, 1.54) is 18.9 Å². The molecule has 0 radical (unpaired) electrons. The molecule has 0 atom stereocenters. The fourth-order valence-corrected chi connectivity index (χ4v) is 4.44. The average molecular weight is 522 g/mol. The number of methoxy groups -OCH3 is 2. The van der Waals surface area contributed by atoms with Crippen molar-refractivity contribution in [3.05, 3.63) is 87.8 Å². The van der Waals surface area contributed by atoms with Gasteiger partial charge in [0.15, 0.2) is 23.0 Å². The molecule has 0 saturated carbocycles. The first kappa shape index (κ1) is 25.3. The molecule has 0 bridgehead atoms. The van der Waals surface area contributed by atoms with Gasteiger partial charge in [-0.1, -0.05) is 54.3 Å². The molecule has 184 valence electrons. The molecule has 9 heteroatoms. The first-order valence-electron chi connectivity index (χ1n) is 10.9. The molecule has 1 aliphatic heterocycles. The number of amides is 1. The lowest BCUT2D eigenvalue weighted by atomic mass is 10.1. The molecule has 3 aromatic carbocycles. The van der Waals surface area contributed by atoms with Crippen molar-refractivity contribution in [2.75, 3.05) is 14.2 Å². The summed E-state index contributed by atoms with van der Waals surface area (Å²) < 4.78 is 23.1. The van der Waals surface area contributed by atoms with E-state index in [4.69, 9.17) is 31.2 Å². The van der Waals surface area contributed by atoms with Crippen molar-refractivity contribution >= 4 is 46.6 Å². The number of hydrogen-bond donors (Lipinski definition) is 1. The van der Waals surface area contributed by atoms with Gasteiger partial charge in [-0.05, 0) is 53.1 Å². The van der Waals surface area contributed by atoms with Crippen LogP contribution in [0.4, 0.5) is 0 Å². The third-order valence-corrected chi connectivity index (χ3v) is 6.43. The minimum Gasteiger partial charge on any atom is -0.493 e. The number of carbonyl (C=O) groups is 2. The van der Waals surface area contributed by atoms with Gasteiger partial charge >= 0.3 is 0 Å². The molecule has 1 heterocycles. The second-order valence-corrected chi connectivity index (χ2v) is 9.40. The second-order valence-electron chi connectivity index (χ2n) is 7.68. The maximum Gasteiger partial charge on any atom is 0.263 e. The van der Waals surface area contributed by atoms with Gasteiger partial charge in [-0.3, -0.25) is 9.59 Å². The van der Waals surface area contributed by atoms with Crippen molar-refractivity contribution in [2.24, 2.45) is 0 Å². The number of aldehydes is 1. The van der Waals surface area contributed by atoms with Gasteiger partial charge < -0.3 is 24.3 Å². The van der Waals surface area contributed by atoms with Crippen LogP contribution in [0.2, 0.25) is 0 Å². The Kier molecular flexibility index (Phi) is 8.24. The lowest BCUT2D eigenvalue weighted by Gasteiger charge is -2.13. The molecule has 1 amide bonds. The summed E-state index contributed by atoms with van der Waals surface area (Å²) in [6, 6.07) is 18.4. The zero-order valence-corrected chi connectivity index (χ0v) is 21.2. The highest BCUT2D eigenvalue weighted by molar-refractivity contribution is 8.26. The third-order valence-electron chi connectivity index (χ3n) is 5.26. The van der Waals surface area contributed by atoms with E-state index in [0.29, 0.717) is 51.0 Å². The molecule has 0 aliphatic carbocycles. The lowest BCUT2D eigenvalue weighted by Crippen LogP contribution is -2.17. The Morgan fingerprint density at radius 1 is 0.806 bits per heavy atom. The van der Waals surface area contributed by atoms with Gasteiger partial charge in [0.25, 0.3) is 5.91 Å². The standard InChI is InChI=1S/C27H23NO6S2/c1-31-23-11-19(13-25-26(30)28-27(35)36-25)7-9-21(23)33-15-17-3-5-18(6-4-17)16-34-22-10-8-20(14-29)12-24(22)32-2/h3-14H,15-16H2,1-2H3,(H,28,30,35)/b25-13+. The molecule has 1 N–H and O–H groups in total. The van der Waals surface area contributed by atoms with Crippen LogP contribution in [0, 0.1) is 0 Å². The molecule has 0 spiro atoms. The molecular weight excluding hydrogens is 498 g/mol. The fourth-order valence-electron chi connectivity index (χ4n) is 3.40. The monoisotopic (exact) mass is 521 g/mol. The second kappa shape index (κ2) is 11.7. The highest BCUT2D eigenvalue weighted by Crippen LogP contribution is 2.32. The van der Waals surface area contributed by atoms with Gasteiger partial charge in [0.2, 0.25) is 0 Å². The first-order chi connectivity index (χ1) is 17.5. The SMILES string of the molecule is COc1cc(C=O)ccc1OCc1ccc(COc2ccc(/C=C3/SC(=S)NC3=O)cc2OC)cc1. The van der Waals surface area contributed by atoms with E-state index < -0.39 is 0 Å². The summed E-state index contributed by atoms with van der Waals surface area (Å²) in [5.41, 5.74) is 3.29. The van der Waals surface area contributed by atoms with E-state index in [1.807, 2.05) is 42.5 Å². The summed E-state index contributed by atoms with van der Waals surface area (Å²) in [5, 5.41) is 2.60. The first-order valence-corrected chi connectivity index (χ1v) is 12.1. The van der Waals surface area contributed by atoms with Gasteiger partial charge in [-0.2, -0.15) is 0 Å². The lowest BCUT2D eigenvalue weighted by molar-refractivity contribution is -0.115. The number of carbonyl (C=O) groups excluding carboxylic acids is 2. The van der Waals surface area contributed by atoms with E-state index in [2.05, 4.69) is 5.32 Å². The van der Waals surface area contributed by atoms with Crippen LogP contribution in [0.1, 0.15) is 27.0 Å². The summed E-state index contributed by atoms with van der Waals surface area (Å²) in [5.74, 6) is 2.03. The van der Waals surface area contributed by atoms with Crippen LogP contribution in [0.25, 0.3) is 6.08 Å². The van der Waals surface area contributed by atoms with E-state index in [0.717, 1.165) is 23.0 Å². The van der Waals surface area contributed by atoms with Gasteiger partial charge in [-0.25, -0.2) is 0 Å². The number of thioether (sulfide) groups is 1. The quantitative estimate of drug-likeness (QED) is 0.223. The Morgan fingerprint density at radius 3 is 1.81 bits per heavy atom. The van der Waals surface area contributed by atoms with Crippen molar-refractivity contribution in [3.8, 4) is 23.0 Å². The van der Waals surface area contributed by atoms with Crippen molar-refractivity contribution in [1.29, 1.82) is 0 Å². The van der Waals surface area contributed by atoms with Gasteiger partial charge in [0.1, 0.15) is 23.8 Å². The zero-order valence-electron chi connectivity index (χ0n) is 19.6. The maximum absolute atomic E-state index is 11.9. The van der Waals surface area contributed by atoms with E-state index in [9.17, 15) is 9.59 Å². The van der Waals surface area contributed by atoms with Crippen LogP contribution < -0.4 is 24.3 Å². The van der Waals surface area contributed by atoms with Gasteiger partial charge in [0, 0.05) is 5.56 Å². The minimum absolute atomic E-state index is 0.201. The summed E-state index contributed by atoms with van der Waals surface area (Å²) in [6.07, 6.45) is 2.53. The molecule has 7 nitrogen and oxygen atoms in total. The number of ether oxygens (including phenoxy) is 4. The molecule has 1 saturated heterocycles. The Labute approximate surface area is 218 Å². The van der Waals surface area contributed by atoms with Crippen molar-refractivity contribution < 1.29 is 28.5 Å². The minimum atomic E-state index is -0.201. The number of rotatable bonds is 10. The Hall–Kier alpha value is -3.82. The van der Waals surface area contributed by atoms with Crippen molar-refractivity contribution in [3.63, 3.8) is 0 Å². The smallest absolute Gasteiger partial charge is 0.263 e. The van der Waals surface area contributed by atoms with E-state index >= 15 is 0 Å². The van der Waals surface area contributed by atoms with Crippen molar-refractivity contribution in [1.82, 2.24) is 5.32 Å². The summed E-state index contributed by atoms with van der Waals surface area (Å²) in [7, 11) is 3.11. The molecule has 1 aliphatic rings. The summed E-state index contributed by atoms with van der Waals surface area (Å²) in [4.78, 5) is 23.4. The van der Waals surface area contributed by atoms with Crippen LogP contribution in [-0.2, 0) is 18.0 Å². The molecule has 0 aromatic heterocycles. The van der Waals surface area contributed by atoms with Crippen LogP contribution in [0.15, 0.2) is 65.6 Å². The number of benzene rings is 3. The normalized spacial score (nSPS) is 13.9. The summed E-state index contributed by atoms with van der Waals surface area (Å²) in [6.45, 7) is 0.704. The predicted molar refractivity (Wildman–Crippen MR) is 143 cm³/mol.